The van der Waals surface area contributed by atoms with Crippen LogP contribution in [0.25, 0.3) is 0 Å². The number of amides is 1. The Bertz CT molecular complexity index is 489. The molecule has 0 aromatic heterocycles. The van der Waals surface area contributed by atoms with Crippen molar-refractivity contribution in [1.82, 2.24) is 5.32 Å². The maximum Gasteiger partial charge on any atom is 0.225 e. The molecule has 0 spiro atoms. The molecule has 1 saturated heterocycles. The molecule has 1 aromatic carbocycles. The normalized spacial score (nSPS) is 18.3. The minimum Gasteiger partial charge on any atom is -0.325 e. The Labute approximate surface area is 111 Å². The van der Waals surface area contributed by atoms with Crippen molar-refractivity contribution in [2.45, 2.75) is 25.3 Å². The summed E-state index contributed by atoms with van der Waals surface area (Å²) in [6.07, 6.45) is 2.61. The van der Waals surface area contributed by atoms with E-state index in [1.165, 1.54) is 0 Å². The van der Waals surface area contributed by atoms with Gasteiger partial charge in [-0.05, 0) is 37.6 Å². The fourth-order valence-corrected chi connectivity index (χ4v) is 2.27. The fraction of sp³-hybridized carbons (Fsp3) is 0.385. The van der Waals surface area contributed by atoms with Crippen LogP contribution < -0.4 is 10.6 Å². The first-order chi connectivity index (χ1) is 8.69. The van der Waals surface area contributed by atoms with Gasteiger partial charge in [0.1, 0.15) is 0 Å². The summed E-state index contributed by atoms with van der Waals surface area (Å²) in [5.74, 6) is -0.0546. The van der Waals surface area contributed by atoms with Crippen molar-refractivity contribution in [1.29, 1.82) is 5.26 Å². The predicted octanol–water partition coefficient (Wildman–Crippen LogP) is 2.29. The molecule has 0 saturated carbocycles. The summed E-state index contributed by atoms with van der Waals surface area (Å²) < 4.78 is 0. The van der Waals surface area contributed by atoms with Crippen LogP contribution in [0.1, 0.15) is 24.8 Å². The van der Waals surface area contributed by atoms with Crippen LogP contribution in [0.5, 0.6) is 0 Å². The predicted molar refractivity (Wildman–Crippen MR) is 70.4 cm³/mol. The second-order valence-electron chi connectivity index (χ2n) is 4.35. The zero-order valence-corrected chi connectivity index (χ0v) is 10.6. The molecule has 2 N–H and O–H groups in total. The number of anilines is 1. The maximum absolute atomic E-state index is 11.8. The highest BCUT2D eigenvalue weighted by Gasteiger charge is 2.18. The number of halogens is 1. The lowest BCUT2D eigenvalue weighted by molar-refractivity contribution is -0.116. The maximum atomic E-state index is 11.8. The van der Waals surface area contributed by atoms with Crippen molar-refractivity contribution in [3.05, 3.63) is 28.8 Å². The third-order valence-electron chi connectivity index (χ3n) is 2.97. The molecule has 1 fully saturated rings. The van der Waals surface area contributed by atoms with E-state index in [0.29, 0.717) is 22.7 Å². The lowest BCUT2D eigenvalue weighted by Crippen LogP contribution is -2.27. The quantitative estimate of drug-likeness (QED) is 0.879. The molecule has 1 aromatic rings. The van der Waals surface area contributed by atoms with Gasteiger partial charge in [0, 0.05) is 12.5 Å². The molecule has 18 heavy (non-hydrogen) atoms. The Hall–Kier alpha value is -1.57. The number of carbonyl (C=O) groups is 1. The van der Waals surface area contributed by atoms with Crippen molar-refractivity contribution in [3.63, 3.8) is 0 Å². The average Bonchev–Trinajstić information content (AvgIpc) is 2.84. The van der Waals surface area contributed by atoms with Crippen LogP contribution in [0.2, 0.25) is 5.02 Å². The van der Waals surface area contributed by atoms with Crippen molar-refractivity contribution < 1.29 is 4.79 Å². The first-order valence-corrected chi connectivity index (χ1v) is 6.29. The van der Waals surface area contributed by atoms with E-state index < -0.39 is 0 Å². The number of hydrogen-bond donors (Lipinski definition) is 2. The zero-order valence-electron chi connectivity index (χ0n) is 9.87. The van der Waals surface area contributed by atoms with Gasteiger partial charge in [0.2, 0.25) is 5.91 Å². The molecule has 1 aliphatic heterocycles. The van der Waals surface area contributed by atoms with E-state index in [4.69, 9.17) is 16.9 Å². The molecule has 1 amide bonds. The minimum atomic E-state index is -0.0546. The largest absolute Gasteiger partial charge is 0.325 e. The van der Waals surface area contributed by atoms with Gasteiger partial charge in [-0.1, -0.05) is 11.6 Å². The van der Waals surface area contributed by atoms with E-state index in [9.17, 15) is 4.79 Å². The fourth-order valence-electron chi connectivity index (χ4n) is 2.04. The third-order valence-corrected chi connectivity index (χ3v) is 3.28. The van der Waals surface area contributed by atoms with Gasteiger partial charge in [-0.3, -0.25) is 4.79 Å². The second-order valence-corrected chi connectivity index (χ2v) is 4.76. The van der Waals surface area contributed by atoms with Gasteiger partial charge < -0.3 is 10.6 Å². The van der Waals surface area contributed by atoms with E-state index in [1.807, 2.05) is 6.07 Å². The number of rotatable bonds is 3. The van der Waals surface area contributed by atoms with Gasteiger partial charge in [0.25, 0.3) is 0 Å². The molecule has 2 rings (SSSR count). The molecule has 0 bridgehead atoms. The smallest absolute Gasteiger partial charge is 0.225 e. The molecular formula is C13H14ClN3O. The van der Waals surface area contributed by atoms with Gasteiger partial charge in [-0.25, -0.2) is 0 Å². The Kier molecular flexibility index (Phi) is 4.19. The molecule has 1 heterocycles. The standard InChI is InChI=1S/C13H14ClN3O/c14-11-6-9(8-15)3-4-12(11)17-13(18)7-10-2-1-5-16-10/h3-4,6,10,16H,1-2,5,7H2,(H,17,18). The highest BCUT2D eigenvalue weighted by molar-refractivity contribution is 6.33. The molecule has 5 heteroatoms. The molecule has 1 atom stereocenters. The number of nitrogens with one attached hydrogen (secondary N) is 2. The number of nitrogens with zero attached hydrogens (tertiary/aromatic N) is 1. The molecule has 0 aliphatic carbocycles. The molecular weight excluding hydrogens is 250 g/mol. The zero-order chi connectivity index (χ0) is 13.0. The monoisotopic (exact) mass is 263 g/mol. The summed E-state index contributed by atoms with van der Waals surface area (Å²) in [7, 11) is 0. The summed E-state index contributed by atoms with van der Waals surface area (Å²) in [4.78, 5) is 11.8. The highest BCUT2D eigenvalue weighted by Crippen LogP contribution is 2.23. The lowest BCUT2D eigenvalue weighted by Gasteiger charge is -2.11. The van der Waals surface area contributed by atoms with Crippen LogP contribution in [0, 0.1) is 11.3 Å². The van der Waals surface area contributed by atoms with Gasteiger partial charge in [-0.2, -0.15) is 5.26 Å². The number of nitriles is 1. The van der Waals surface area contributed by atoms with Gasteiger partial charge >= 0.3 is 0 Å². The Balaban J connectivity index is 1.96. The molecule has 4 nitrogen and oxygen atoms in total. The molecule has 1 unspecified atom stereocenters. The van der Waals surface area contributed by atoms with E-state index in [1.54, 1.807) is 18.2 Å². The van der Waals surface area contributed by atoms with Crippen molar-refractivity contribution in [2.75, 3.05) is 11.9 Å². The van der Waals surface area contributed by atoms with Crippen LogP contribution in [0.4, 0.5) is 5.69 Å². The van der Waals surface area contributed by atoms with E-state index in [0.717, 1.165) is 19.4 Å². The third kappa shape index (κ3) is 3.22. The summed E-state index contributed by atoms with van der Waals surface area (Å²) in [5, 5.41) is 15.1. The van der Waals surface area contributed by atoms with Crippen molar-refractivity contribution in [2.24, 2.45) is 0 Å². The number of hydrogen-bond acceptors (Lipinski definition) is 3. The van der Waals surface area contributed by atoms with Crippen LogP contribution >= 0.6 is 11.6 Å². The first-order valence-electron chi connectivity index (χ1n) is 5.92. The lowest BCUT2D eigenvalue weighted by atomic mass is 10.1. The summed E-state index contributed by atoms with van der Waals surface area (Å²) >= 11 is 5.99. The molecule has 0 radical (unpaired) electrons. The Morgan fingerprint density at radius 1 is 1.61 bits per heavy atom. The minimum absolute atomic E-state index is 0.0546. The van der Waals surface area contributed by atoms with Crippen molar-refractivity contribution >= 4 is 23.2 Å². The van der Waals surface area contributed by atoms with Crippen molar-refractivity contribution in [3.8, 4) is 6.07 Å². The van der Waals surface area contributed by atoms with E-state index in [2.05, 4.69) is 10.6 Å². The van der Waals surface area contributed by atoms with E-state index in [-0.39, 0.29) is 11.9 Å². The van der Waals surface area contributed by atoms with Gasteiger partial charge in [0.15, 0.2) is 0 Å². The van der Waals surface area contributed by atoms with Crippen LogP contribution in [0.15, 0.2) is 18.2 Å². The van der Waals surface area contributed by atoms with Gasteiger partial charge in [0.05, 0.1) is 22.3 Å². The highest BCUT2D eigenvalue weighted by atomic mass is 35.5. The average molecular weight is 264 g/mol. The van der Waals surface area contributed by atoms with E-state index >= 15 is 0 Å². The Morgan fingerprint density at radius 2 is 2.44 bits per heavy atom. The summed E-state index contributed by atoms with van der Waals surface area (Å²) in [6, 6.07) is 7.10. The number of benzene rings is 1. The molecule has 1 aliphatic rings. The first kappa shape index (κ1) is 12.9. The summed E-state index contributed by atoms with van der Waals surface area (Å²) in [6.45, 7) is 0.982. The SMILES string of the molecule is N#Cc1ccc(NC(=O)CC2CCCN2)c(Cl)c1. The summed E-state index contributed by atoms with van der Waals surface area (Å²) in [5.41, 5.74) is 1.04. The second kappa shape index (κ2) is 5.85. The molecule has 94 valence electrons. The van der Waals surface area contributed by atoms with Crippen LogP contribution in [-0.4, -0.2) is 18.5 Å². The van der Waals surface area contributed by atoms with Gasteiger partial charge in [-0.15, -0.1) is 0 Å². The number of carbonyl (C=O) groups excluding carboxylic acids is 1. The van der Waals surface area contributed by atoms with Crippen LogP contribution in [-0.2, 0) is 4.79 Å². The Morgan fingerprint density at radius 3 is 3.06 bits per heavy atom. The topological polar surface area (TPSA) is 64.9 Å². The van der Waals surface area contributed by atoms with Crippen LogP contribution in [0.3, 0.4) is 0 Å².